The Bertz CT molecular complexity index is 774. The molecule has 0 unspecified atom stereocenters. The average molecular weight is 271 g/mol. The second kappa shape index (κ2) is 4.76. The molecule has 0 aliphatic rings. The minimum atomic E-state index is -0.952. The summed E-state index contributed by atoms with van der Waals surface area (Å²) >= 11 is 0. The van der Waals surface area contributed by atoms with Gasteiger partial charge in [-0.1, -0.05) is 5.21 Å². The summed E-state index contributed by atoms with van der Waals surface area (Å²) < 4.78 is 3.46. The third kappa shape index (κ3) is 2.25. The van der Waals surface area contributed by atoms with Crippen LogP contribution in [0.15, 0.2) is 30.6 Å². The van der Waals surface area contributed by atoms with E-state index >= 15 is 0 Å². The largest absolute Gasteiger partial charge is 0.478 e. The van der Waals surface area contributed by atoms with Gasteiger partial charge in [-0.25, -0.2) is 9.48 Å². The second-order valence-corrected chi connectivity index (χ2v) is 4.59. The first-order chi connectivity index (χ1) is 9.63. The third-order valence-corrected chi connectivity index (χ3v) is 3.13. The number of aromatic nitrogens is 5. The van der Waals surface area contributed by atoms with Crippen LogP contribution in [0, 0.1) is 0 Å². The molecule has 0 fully saturated rings. The number of fused-ring (bicyclic) bond motifs is 1. The van der Waals surface area contributed by atoms with Gasteiger partial charge in [0.2, 0.25) is 0 Å². The molecule has 7 heteroatoms. The van der Waals surface area contributed by atoms with Crippen molar-refractivity contribution in [1.29, 1.82) is 0 Å². The number of hydrogen-bond donors (Lipinski definition) is 1. The van der Waals surface area contributed by atoms with Crippen LogP contribution in [0.2, 0.25) is 0 Å². The van der Waals surface area contributed by atoms with Crippen LogP contribution in [-0.2, 0) is 20.0 Å². The fourth-order valence-corrected chi connectivity index (χ4v) is 2.10. The maximum atomic E-state index is 11.0. The normalized spacial score (nSPS) is 11.1. The smallest absolute Gasteiger partial charge is 0.335 e. The van der Waals surface area contributed by atoms with Crippen molar-refractivity contribution in [3.8, 4) is 0 Å². The molecule has 0 aliphatic heterocycles. The molecule has 1 aromatic carbocycles. The second-order valence-electron chi connectivity index (χ2n) is 4.59. The molecule has 0 radical (unpaired) electrons. The molecular weight excluding hydrogens is 258 g/mol. The first-order valence-electron chi connectivity index (χ1n) is 6.17. The molecule has 2 heterocycles. The van der Waals surface area contributed by atoms with Gasteiger partial charge in [-0.3, -0.25) is 4.68 Å². The van der Waals surface area contributed by atoms with Crippen molar-refractivity contribution in [2.45, 2.75) is 13.0 Å². The molecule has 3 rings (SSSR count). The number of aryl methyl sites for hydroxylation is 3. The lowest BCUT2D eigenvalue weighted by Crippen LogP contribution is -2.04. The van der Waals surface area contributed by atoms with Crippen LogP contribution < -0.4 is 0 Å². The molecule has 20 heavy (non-hydrogen) atoms. The summed E-state index contributed by atoms with van der Waals surface area (Å²) in [5, 5.41) is 21.2. The Hall–Kier alpha value is -2.70. The molecule has 0 amide bonds. The average Bonchev–Trinajstić information content (AvgIpc) is 3.02. The SMILES string of the molecule is Cn1cc(CCn2nnc3ccc(C(=O)O)cc32)cn1. The lowest BCUT2D eigenvalue weighted by atomic mass is 10.2. The maximum absolute atomic E-state index is 11.0. The van der Waals surface area contributed by atoms with Gasteiger partial charge in [0.15, 0.2) is 0 Å². The highest BCUT2D eigenvalue weighted by Crippen LogP contribution is 2.14. The Morgan fingerprint density at radius 1 is 1.40 bits per heavy atom. The standard InChI is InChI=1S/C13H13N5O2/c1-17-8-9(7-14-17)4-5-18-12-6-10(13(19)20)2-3-11(12)15-16-18/h2-3,6-8H,4-5H2,1H3,(H,19,20). The number of hydrogen-bond acceptors (Lipinski definition) is 4. The number of rotatable bonds is 4. The van der Waals surface area contributed by atoms with E-state index in [0.717, 1.165) is 17.5 Å². The van der Waals surface area contributed by atoms with Gasteiger partial charge in [-0.2, -0.15) is 5.10 Å². The van der Waals surface area contributed by atoms with E-state index in [0.29, 0.717) is 12.1 Å². The number of aromatic carboxylic acids is 1. The van der Waals surface area contributed by atoms with Crippen LogP contribution in [0.4, 0.5) is 0 Å². The number of carboxylic acids is 1. The van der Waals surface area contributed by atoms with Crippen molar-refractivity contribution in [2.75, 3.05) is 0 Å². The van der Waals surface area contributed by atoms with Crippen LogP contribution in [-0.4, -0.2) is 35.9 Å². The van der Waals surface area contributed by atoms with Crippen molar-refractivity contribution < 1.29 is 9.90 Å². The zero-order valence-electron chi connectivity index (χ0n) is 10.9. The van der Waals surface area contributed by atoms with Gasteiger partial charge in [0, 0.05) is 19.8 Å². The highest BCUT2D eigenvalue weighted by molar-refractivity contribution is 5.92. The van der Waals surface area contributed by atoms with Crippen molar-refractivity contribution in [1.82, 2.24) is 24.8 Å². The van der Waals surface area contributed by atoms with Gasteiger partial charge in [0.25, 0.3) is 0 Å². The molecule has 1 N–H and O–H groups in total. The summed E-state index contributed by atoms with van der Waals surface area (Å²) in [5.41, 5.74) is 2.77. The van der Waals surface area contributed by atoms with Crippen molar-refractivity contribution in [3.05, 3.63) is 41.7 Å². The van der Waals surface area contributed by atoms with Gasteiger partial charge in [0.05, 0.1) is 17.3 Å². The van der Waals surface area contributed by atoms with E-state index in [4.69, 9.17) is 5.11 Å². The van der Waals surface area contributed by atoms with E-state index < -0.39 is 5.97 Å². The van der Waals surface area contributed by atoms with E-state index in [1.54, 1.807) is 21.5 Å². The summed E-state index contributed by atoms with van der Waals surface area (Å²) in [6.07, 6.45) is 4.52. The molecule has 0 spiro atoms. The lowest BCUT2D eigenvalue weighted by Gasteiger charge is -2.01. The number of benzene rings is 1. The third-order valence-electron chi connectivity index (χ3n) is 3.13. The van der Waals surface area contributed by atoms with Gasteiger partial charge >= 0.3 is 5.97 Å². The quantitative estimate of drug-likeness (QED) is 0.768. The van der Waals surface area contributed by atoms with Crippen LogP contribution in [0.25, 0.3) is 11.0 Å². The summed E-state index contributed by atoms with van der Waals surface area (Å²) in [4.78, 5) is 11.0. The van der Waals surface area contributed by atoms with E-state index in [-0.39, 0.29) is 5.56 Å². The van der Waals surface area contributed by atoms with Gasteiger partial charge in [-0.05, 0) is 30.2 Å². The molecule has 7 nitrogen and oxygen atoms in total. The van der Waals surface area contributed by atoms with Gasteiger partial charge in [-0.15, -0.1) is 5.10 Å². The maximum Gasteiger partial charge on any atom is 0.335 e. The molecule has 3 aromatic rings. The highest BCUT2D eigenvalue weighted by Gasteiger charge is 2.09. The first-order valence-corrected chi connectivity index (χ1v) is 6.17. The fourth-order valence-electron chi connectivity index (χ4n) is 2.10. The molecule has 2 aromatic heterocycles. The monoisotopic (exact) mass is 271 g/mol. The van der Waals surface area contributed by atoms with E-state index in [1.807, 2.05) is 19.4 Å². The molecule has 0 saturated carbocycles. The van der Waals surface area contributed by atoms with Crippen molar-refractivity contribution in [3.63, 3.8) is 0 Å². The Morgan fingerprint density at radius 3 is 2.95 bits per heavy atom. The number of carbonyl (C=O) groups is 1. The van der Waals surface area contributed by atoms with E-state index in [9.17, 15) is 4.79 Å². The molecule has 0 atom stereocenters. The predicted octanol–water partition coefficient (Wildman–Crippen LogP) is 1.11. The van der Waals surface area contributed by atoms with Crippen molar-refractivity contribution in [2.24, 2.45) is 7.05 Å². The Morgan fingerprint density at radius 2 is 2.25 bits per heavy atom. The molecule has 102 valence electrons. The highest BCUT2D eigenvalue weighted by atomic mass is 16.4. The Kier molecular flexibility index (Phi) is 2.94. The molecular formula is C13H13N5O2. The summed E-state index contributed by atoms with van der Waals surface area (Å²) in [6, 6.07) is 4.80. The van der Waals surface area contributed by atoms with E-state index in [1.165, 1.54) is 6.07 Å². The van der Waals surface area contributed by atoms with Crippen LogP contribution >= 0.6 is 0 Å². The van der Waals surface area contributed by atoms with Gasteiger partial charge in [0.1, 0.15) is 5.52 Å². The molecule has 0 bridgehead atoms. The Labute approximate surface area is 114 Å². The minimum Gasteiger partial charge on any atom is -0.478 e. The summed E-state index contributed by atoms with van der Waals surface area (Å²) in [6.45, 7) is 0.630. The zero-order valence-corrected chi connectivity index (χ0v) is 10.9. The molecule has 0 saturated heterocycles. The lowest BCUT2D eigenvalue weighted by molar-refractivity contribution is 0.0697. The Balaban J connectivity index is 1.87. The number of carboxylic acid groups (broad SMARTS) is 1. The molecule has 0 aliphatic carbocycles. The van der Waals surface area contributed by atoms with Crippen LogP contribution in [0.1, 0.15) is 15.9 Å². The van der Waals surface area contributed by atoms with E-state index in [2.05, 4.69) is 15.4 Å². The van der Waals surface area contributed by atoms with Crippen LogP contribution in [0.3, 0.4) is 0 Å². The topological polar surface area (TPSA) is 85.8 Å². The number of nitrogens with zero attached hydrogens (tertiary/aromatic N) is 5. The van der Waals surface area contributed by atoms with Crippen molar-refractivity contribution >= 4 is 17.0 Å². The fraction of sp³-hybridized carbons (Fsp3) is 0.231. The van der Waals surface area contributed by atoms with Crippen LogP contribution in [0.5, 0.6) is 0 Å². The first kappa shape index (κ1) is 12.3. The summed E-state index contributed by atoms with van der Waals surface area (Å²) in [5.74, 6) is -0.952. The zero-order chi connectivity index (χ0) is 14.1. The summed E-state index contributed by atoms with van der Waals surface area (Å²) in [7, 11) is 1.87. The predicted molar refractivity (Wildman–Crippen MR) is 71.4 cm³/mol. The minimum absolute atomic E-state index is 0.238. The van der Waals surface area contributed by atoms with Gasteiger partial charge < -0.3 is 5.11 Å².